The molecule has 0 aliphatic rings. The quantitative estimate of drug-likeness (QED) is 0.145. The van der Waals surface area contributed by atoms with Crippen LogP contribution in [0.2, 0.25) is 0 Å². The molecule has 2 heterocycles. The highest BCUT2D eigenvalue weighted by atomic mass is 127. The van der Waals surface area contributed by atoms with Crippen LogP contribution in [-0.2, 0) is 0 Å². The van der Waals surface area contributed by atoms with E-state index in [1.807, 2.05) is 23.5 Å². The molecule has 0 aliphatic carbocycles. The van der Waals surface area contributed by atoms with Crippen molar-refractivity contribution in [2.45, 2.75) is 0 Å². The monoisotopic (exact) mass is 616 g/mol. The molecule has 0 amide bonds. The second kappa shape index (κ2) is 9.78. The molecule has 0 spiro atoms. The van der Waals surface area contributed by atoms with Crippen LogP contribution in [0.4, 0.5) is 0 Å². The van der Waals surface area contributed by atoms with Gasteiger partial charge in [-0.15, -0.1) is 11.3 Å². The van der Waals surface area contributed by atoms with Gasteiger partial charge in [0.2, 0.25) is 0 Å². The average Bonchev–Trinajstić information content (AvgIpc) is 3.35. The average molecular weight is 617 g/mol. The van der Waals surface area contributed by atoms with Crippen molar-refractivity contribution < 1.29 is 0 Å². The van der Waals surface area contributed by atoms with Gasteiger partial charge in [-0.05, 0) is 81.2 Å². The number of benzene rings is 5. The third-order valence-electron chi connectivity index (χ3n) is 6.77. The van der Waals surface area contributed by atoms with Gasteiger partial charge in [0.05, 0.1) is 5.69 Å². The first kappa shape index (κ1) is 23.3. The van der Waals surface area contributed by atoms with E-state index in [0.29, 0.717) is 0 Å². The zero-order valence-electron chi connectivity index (χ0n) is 20.3. The maximum absolute atomic E-state index is 5.09. The number of fused-ring (bicyclic) bond motifs is 3. The predicted molar refractivity (Wildman–Crippen MR) is 169 cm³/mol. The number of thiophene rings is 1. The van der Waals surface area contributed by atoms with Crippen LogP contribution in [0.1, 0.15) is 0 Å². The maximum Gasteiger partial charge on any atom is 0.160 e. The van der Waals surface area contributed by atoms with E-state index in [2.05, 4.69) is 138 Å². The van der Waals surface area contributed by atoms with Crippen LogP contribution in [0.3, 0.4) is 0 Å². The second-order valence-corrected chi connectivity index (χ2v) is 11.4. The molecule has 0 unspecified atom stereocenters. The summed E-state index contributed by atoms with van der Waals surface area (Å²) in [6, 6.07) is 45.0. The lowest BCUT2D eigenvalue weighted by Crippen LogP contribution is -1.96. The molecular weight excluding hydrogens is 595 g/mol. The molecule has 0 aliphatic heterocycles. The number of aromatic nitrogens is 2. The minimum atomic E-state index is 0.735. The van der Waals surface area contributed by atoms with Crippen molar-refractivity contribution in [1.82, 2.24) is 9.97 Å². The molecular formula is C34H21IN2S. The fraction of sp³-hybridized carbons (Fsp3) is 0. The molecule has 0 N–H and O–H groups in total. The summed E-state index contributed by atoms with van der Waals surface area (Å²) in [7, 11) is 0. The fourth-order valence-corrected chi connectivity index (χ4v) is 6.60. The van der Waals surface area contributed by atoms with E-state index < -0.39 is 0 Å². The van der Waals surface area contributed by atoms with E-state index >= 15 is 0 Å². The Bertz CT molecular complexity index is 1870. The SMILES string of the molecule is Ic1cc(-c2ccc3c(c2)sc2ccccc23)nc(-c2cc(-c3ccccc3)cc(-c3ccccc3)c2)n1. The highest BCUT2D eigenvalue weighted by molar-refractivity contribution is 14.1. The summed E-state index contributed by atoms with van der Waals surface area (Å²) < 4.78 is 3.51. The Morgan fingerprint density at radius 2 is 1.05 bits per heavy atom. The Morgan fingerprint density at radius 1 is 0.447 bits per heavy atom. The fourth-order valence-electron chi connectivity index (χ4n) is 4.93. The van der Waals surface area contributed by atoms with Crippen molar-refractivity contribution in [3.8, 4) is 44.9 Å². The van der Waals surface area contributed by atoms with E-state index in [-0.39, 0.29) is 0 Å². The summed E-state index contributed by atoms with van der Waals surface area (Å²) >= 11 is 4.14. The molecule has 180 valence electrons. The van der Waals surface area contributed by atoms with Gasteiger partial charge in [-0.3, -0.25) is 0 Å². The summed E-state index contributed by atoms with van der Waals surface area (Å²) in [6.45, 7) is 0. The second-order valence-electron chi connectivity index (χ2n) is 9.24. The Hall–Kier alpha value is -3.87. The minimum Gasteiger partial charge on any atom is -0.228 e. The smallest absolute Gasteiger partial charge is 0.160 e. The van der Waals surface area contributed by atoms with Gasteiger partial charge in [0.1, 0.15) is 3.70 Å². The van der Waals surface area contributed by atoms with Crippen molar-refractivity contribution in [3.63, 3.8) is 0 Å². The number of hydrogen-bond acceptors (Lipinski definition) is 3. The molecule has 0 bridgehead atoms. The van der Waals surface area contributed by atoms with Crippen molar-refractivity contribution in [2.24, 2.45) is 0 Å². The number of nitrogens with zero attached hydrogens (tertiary/aromatic N) is 2. The summed E-state index contributed by atoms with van der Waals surface area (Å²) in [5, 5.41) is 2.60. The van der Waals surface area contributed by atoms with Gasteiger partial charge in [0.15, 0.2) is 5.82 Å². The molecule has 2 aromatic heterocycles. The topological polar surface area (TPSA) is 25.8 Å². The van der Waals surface area contributed by atoms with Crippen molar-refractivity contribution >= 4 is 54.1 Å². The van der Waals surface area contributed by atoms with Crippen molar-refractivity contribution in [1.29, 1.82) is 0 Å². The summed E-state index contributed by atoms with van der Waals surface area (Å²) in [4.78, 5) is 9.97. The summed E-state index contributed by atoms with van der Waals surface area (Å²) in [5.74, 6) is 0.735. The molecule has 0 fully saturated rings. The van der Waals surface area contributed by atoms with Crippen LogP contribution in [-0.4, -0.2) is 9.97 Å². The van der Waals surface area contributed by atoms with Gasteiger partial charge >= 0.3 is 0 Å². The van der Waals surface area contributed by atoms with Crippen molar-refractivity contribution in [2.75, 3.05) is 0 Å². The van der Waals surface area contributed by atoms with Gasteiger partial charge in [0, 0.05) is 31.3 Å². The lowest BCUT2D eigenvalue weighted by atomic mass is 9.96. The molecule has 0 saturated carbocycles. The molecule has 7 aromatic rings. The number of hydrogen-bond donors (Lipinski definition) is 0. The van der Waals surface area contributed by atoms with Crippen molar-refractivity contribution in [3.05, 3.63) is 131 Å². The third kappa shape index (κ3) is 4.40. The Morgan fingerprint density at radius 3 is 1.76 bits per heavy atom. The highest BCUT2D eigenvalue weighted by Gasteiger charge is 2.13. The first-order valence-electron chi connectivity index (χ1n) is 12.4. The normalized spacial score (nSPS) is 11.3. The standard InChI is InChI=1S/C34H21IN2S/c35-33-21-30(24-15-16-29-28-13-7-8-14-31(28)38-32(29)20-24)36-34(37-33)27-18-25(22-9-3-1-4-10-22)17-26(19-27)23-11-5-2-6-12-23/h1-21H. The Balaban J connectivity index is 1.38. The molecule has 0 saturated heterocycles. The number of halogens is 1. The van der Waals surface area contributed by atoms with E-state index in [1.165, 1.54) is 31.3 Å². The van der Waals surface area contributed by atoms with Gasteiger partial charge in [-0.2, -0.15) is 0 Å². The van der Waals surface area contributed by atoms with Crippen LogP contribution in [0.15, 0.2) is 127 Å². The molecule has 4 heteroatoms. The molecule has 5 aromatic carbocycles. The lowest BCUT2D eigenvalue weighted by molar-refractivity contribution is 1.15. The minimum absolute atomic E-state index is 0.735. The zero-order chi connectivity index (χ0) is 25.5. The Labute approximate surface area is 238 Å². The van der Waals surface area contributed by atoms with Crippen LogP contribution >= 0.6 is 33.9 Å². The summed E-state index contributed by atoms with van der Waals surface area (Å²) in [5.41, 5.74) is 7.70. The third-order valence-corrected chi connectivity index (χ3v) is 8.46. The molecule has 38 heavy (non-hydrogen) atoms. The largest absolute Gasteiger partial charge is 0.228 e. The van der Waals surface area contributed by atoms with Crippen LogP contribution in [0.25, 0.3) is 65.1 Å². The maximum atomic E-state index is 5.09. The molecule has 2 nitrogen and oxygen atoms in total. The van der Waals surface area contributed by atoms with Gasteiger partial charge in [0.25, 0.3) is 0 Å². The molecule has 7 rings (SSSR count). The Kier molecular flexibility index (Phi) is 5.99. The molecule has 0 atom stereocenters. The highest BCUT2D eigenvalue weighted by Crippen LogP contribution is 2.37. The zero-order valence-corrected chi connectivity index (χ0v) is 23.3. The van der Waals surface area contributed by atoms with E-state index in [4.69, 9.17) is 9.97 Å². The van der Waals surface area contributed by atoms with E-state index in [9.17, 15) is 0 Å². The van der Waals surface area contributed by atoms with E-state index in [1.54, 1.807) is 0 Å². The van der Waals surface area contributed by atoms with Crippen LogP contribution < -0.4 is 0 Å². The van der Waals surface area contributed by atoms with Gasteiger partial charge in [-0.1, -0.05) is 91.0 Å². The molecule has 0 radical (unpaired) electrons. The van der Waals surface area contributed by atoms with Gasteiger partial charge < -0.3 is 0 Å². The van der Waals surface area contributed by atoms with Crippen LogP contribution in [0.5, 0.6) is 0 Å². The van der Waals surface area contributed by atoms with Gasteiger partial charge in [-0.25, -0.2) is 9.97 Å². The summed E-state index contributed by atoms with van der Waals surface area (Å²) in [6.07, 6.45) is 0. The number of rotatable bonds is 4. The van der Waals surface area contributed by atoms with Crippen LogP contribution in [0, 0.1) is 3.70 Å². The predicted octanol–water partition coefficient (Wildman–Crippen LogP) is 10.1. The first-order chi connectivity index (χ1) is 18.7. The first-order valence-corrected chi connectivity index (χ1v) is 14.3. The lowest BCUT2D eigenvalue weighted by Gasteiger charge is -2.12. The van der Waals surface area contributed by atoms with E-state index in [0.717, 1.165) is 37.5 Å².